The van der Waals surface area contributed by atoms with Gasteiger partial charge in [0, 0.05) is 42.8 Å². The molecule has 0 atom stereocenters. The van der Waals surface area contributed by atoms with Gasteiger partial charge in [-0.1, -0.05) is 0 Å². The van der Waals surface area contributed by atoms with Crippen LogP contribution in [0.4, 0.5) is 5.13 Å². The summed E-state index contributed by atoms with van der Waals surface area (Å²) in [7, 11) is 8.25. The summed E-state index contributed by atoms with van der Waals surface area (Å²) in [5.41, 5.74) is 0.450. The van der Waals surface area contributed by atoms with Crippen LogP contribution in [0.25, 0.3) is 0 Å². The number of rotatable bonds is 11. The number of carbonyl (C=O) groups is 4. The maximum absolute atomic E-state index is 12.7. The molecule has 4 N–H and O–H groups in total. The summed E-state index contributed by atoms with van der Waals surface area (Å²) in [5.74, 6) is -2.18. The molecule has 0 saturated carbocycles. The van der Waals surface area contributed by atoms with E-state index in [1.165, 1.54) is 21.3 Å². The number of nitrogens with zero attached hydrogens (tertiary/aromatic N) is 2. The zero-order valence-electron chi connectivity index (χ0n) is 20.4. The van der Waals surface area contributed by atoms with E-state index in [0.717, 1.165) is 17.9 Å². The van der Waals surface area contributed by atoms with Crippen molar-refractivity contribution >= 4 is 40.2 Å². The van der Waals surface area contributed by atoms with Crippen LogP contribution in [0.5, 0.6) is 17.2 Å². The molecule has 1 aromatic heterocycles. The quantitative estimate of drug-likeness (QED) is 0.313. The number of carboxylic acids is 2. The highest BCUT2D eigenvalue weighted by atomic mass is 32.1. The zero-order chi connectivity index (χ0) is 27.3. The van der Waals surface area contributed by atoms with Crippen molar-refractivity contribution in [2.45, 2.75) is 0 Å². The molecule has 0 spiro atoms. The molecule has 2 aromatic rings. The van der Waals surface area contributed by atoms with E-state index in [4.69, 9.17) is 24.4 Å². The summed E-state index contributed by atoms with van der Waals surface area (Å²) in [6.07, 6.45) is 1.12. The normalized spacial score (nSPS) is 10.3. The lowest BCUT2D eigenvalue weighted by atomic mass is 10.1. The Morgan fingerprint density at radius 2 is 1.53 bits per heavy atom. The van der Waals surface area contributed by atoms with E-state index in [1.54, 1.807) is 17.5 Å². The van der Waals surface area contributed by atoms with Crippen LogP contribution in [0.3, 0.4) is 0 Å². The van der Waals surface area contributed by atoms with Crippen molar-refractivity contribution in [2.24, 2.45) is 0 Å². The van der Waals surface area contributed by atoms with Crippen molar-refractivity contribution in [3.63, 3.8) is 0 Å². The first kappa shape index (κ1) is 29.9. The number of anilines is 1. The molecule has 0 bridgehead atoms. The Bertz CT molecular complexity index is 1060. The van der Waals surface area contributed by atoms with Crippen molar-refractivity contribution in [1.82, 2.24) is 15.2 Å². The minimum Gasteiger partial charge on any atom is -0.496 e. The highest BCUT2D eigenvalue weighted by Gasteiger charge is 2.22. The van der Waals surface area contributed by atoms with Crippen LogP contribution in [-0.4, -0.2) is 92.4 Å². The van der Waals surface area contributed by atoms with Gasteiger partial charge in [0.15, 0.2) is 5.13 Å². The molecule has 0 radical (unpaired) electrons. The fourth-order valence-corrected chi connectivity index (χ4v) is 3.14. The van der Waals surface area contributed by atoms with E-state index in [2.05, 4.69) is 15.6 Å². The van der Waals surface area contributed by atoms with Gasteiger partial charge in [-0.05, 0) is 14.1 Å². The number of benzene rings is 1. The summed E-state index contributed by atoms with van der Waals surface area (Å²) in [5, 5.41) is 23.0. The molecule has 0 unspecified atom stereocenters. The van der Waals surface area contributed by atoms with Gasteiger partial charge in [0.1, 0.15) is 28.5 Å². The molecule has 1 heterocycles. The van der Waals surface area contributed by atoms with E-state index in [0.29, 0.717) is 41.1 Å². The maximum atomic E-state index is 12.7. The number of ether oxygens (including phenoxy) is 3. The summed E-state index contributed by atoms with van der Waals surface area (Å²) in [6.45, 7) is 1.22. The lowest BCUT2D eigenvalue weighted by Crippen LogP contribution is -2.31. The van der Waals surface area contributed by atoms with E-state index >= 15 is 0 Å². The van der Waals surface area contributed by atoms with Crippen LogP contribution in [0, 0.1) is 0 Å². The first-order chi connectivity index (χ1) is 17.0. The first-order valence-corrected chi connectivity index (χ1v) is 11.0. The predicted molar refractivity (Wildman–Crippen MR) is 131 cm³/mol. The van der Waals surface area contributed by atoms with Crippen molar-refractivity contribution in [3.05, 3.63) is 40.9 Å². The second-order valence-electron chi connectivity index (χ2n) is 6.97. The van der Waals surface area contributed by atoms with Gasteiger partial charge >= 0.3 is 11.9 Å². The Balaban J connectivity index is 0.000000697. The average Bonchev–Trinajstić information content (AvgIpc) is 3.30. The van der Waals surface area contributed by atoms with Crippen LogP contribution in [0.2, 0.25) is 0 Å². The number of amides is 2. The van der Waals surface area contributed by atoms with Crippen LogP contribution >= 0.6 is 11.3 Å². The van der Waals surface area contributed by atoms with Gasteiger partial charge in [-0.25, -0.2) is 14.6 Å². The number of carbonyl (C=O) groups excluding carboxylic acids is 2. The molecule has 36 heavy (non-hydrogen) atoms. The number of likely N-dealkylation sites (N-methyl/N-ethyl adjacent to an activating group) is 1. The molecule has 0 fully saturated rings. The van der Waals surface area contributed by atoms with Gasteiger partial charge in [0.05, 0.1) is 21.3 Å². The van der Waals surface area contributed by atoms with E-state index in [-0.39, 0.29) is 17.2 Å². The second kappa shape index (κ2) is 15.0. The van der Waals surface area contributed by atoms with E-state index in [1.807, 2.05) is 19.0 Å². The van der Waals surface area contributed by atoms with Gasteiger partial charge in [-0.3, -0.25) is 14.9 Å². The number of carboxylic acid groups (broad SMARTS) is 2. The van der Waals surface area contributed by atoms with Gasteiger partial charge in [-0.15, -0.1) is 11.3 Å². The molecule has 196 valence electrons. The van der Waals surface area contributed by atoms with Crippen LogP contribution in [0.1, 0.15) is 20.8 Å². The Hall–Kier alpha value is -4.17. The number of nitrogens with one attached hydrogen (secondary N) is 2. The highest BCUT2D eigenvalue weighted by molar-refractivity contribution is 7.14. The number of thiazole rings is 1. The van der Waals surface area contributed by atoms with E-state index in [9.17, 15) is 19.2 Å². The Kier molecular flexibility index (Phi) is 12.4. The monoisotopic (exact) mass is 524 g/mol. The third kappa shape index (κ3) is 9.99. The van der Waals surface area contributed by atoms with Crippen LogP contribution in [-0.2, 0) is 9.59 Å². The molecule has 0 saturated heterocycles. The molecule has 1 aromatic carbocycles. The average molecular weight is 525 g/mol. The van der Waals surface area contributed by atoms with Crippen molar-refractivity contribution in [1.29, 1.82) is 0 Å². The highest BCUT2D eigenvalue weighted by Crippen LogP contribution is 2.34. The number of aromatic nitrogens is 1. The minimum atomic E-state index is -1.26. The molecular formula is C22H28N4O9S. The predicted octanol–water partition coefficient (Wildman–Crippen LogP) is 1.42. The lowest BCUT2D eigenvalue weighted by molar-refractivity contribution is -0.134. The smallest absolute Gasteiger partial charge is 0.328 e. The summed E-state index contributed by atoms with van der Waals surface area (Å²) in [4.78, 5) is 50.1. The van der Waals surface area contributed by atoms with Gasteiger partial charge < -0.3 is 34.6 Å². The lowest BCUT2D eigenvalue weighted by Gasteiger charge is -2.14. The molecule has 13 nitrogen and oxygen atoms in total. The van der Waals surface area contributed by atoms with Gasteiger partial charge in [0.2, 0.25) is 0 Å². The number of hydrogen-bond acceptors (Lipinski definition) is 10. The topological polar surface area (TPSA) is 177 Å². The molecule has 14 heteroatoms. The largest absolute Gasteiger partial charge is 0.496 e. The van der Waals surface area contributed by atoms with Gasteiger partial charge in [0.25, 0.3) is 11.8 Å². The zero-order valence-corrected chi connectivity index (χ0v) is 21.2. The van der Waals surface area contributed by atoms with E-state index < -0.39 is 17.8 Å². The molecule has 0 aliphatic rings. The van der Waals surface area contributed by atoms with Crippen molar-refractivity contribution in [3.8, 4) is 17.2 Å². The third-order valence-electron chi connectivity index (χ3n) is 4.11. The van der Waals surface area contributed by atoms with Crippen molar-refractivity contribution < 1.29 is 43.6 Å². The number of aliphatic carboxylic acids is 2. The summed E-state index contributed by atoms with van der Waals surface area (Å²) in [6, 6.07) is 3.17. The standard InChI is InChI=1S/C18H24N4O5S.C4H4O4/c1-22(2)7-6-19-16(23)12-10-28-18(20-12)21-17(24)15-13(26-4)8-11(25-3)9-14(15)27-5;5-3(6)1-2-4(7)8/h8-10H,6-7H2,1-5H3,(H,19,23)(H,20,21,24);1-2H,(H,5,6)(H,7,8). The summed E-state index contributed by atoms with van der Waals surface area (Å²) < 4.78 is 15.8. The number of methoxy groups -OCH3 is 3. The van der Waals surface area contributed by atoms with Crippen LogP contribution < -0.4 is 24.8 Å². The van der Waals surface area contributed by atoms with Crippen molar-refractivity contribution in [2.75, 3.05) is 53.8 Å². The van der Waals surface area contributed by atoms with Crippen LogP contribution in [0.15, 0.2) is 29.7 Å². The fourth-order valence-electron chi connectivity index (χ4n) is 2.45. The fraction of sp³-hybridized carbons (Fsp3) is 0.318. The third-order valence-corrected chi connectivity index (χ3v) is 4.87. The summed E-state index contributed by atoms with van der Waals surface area (Å²) >= 11 is 1.15. The van der Waals surface area contributed by atoms with Gasteiger partial charge in [-0.2, -0.15) is 0 Å². The maximum Gasteiger partial charge on any atom is 0.328 e. The first-order valence-electron chi connectivity index (χ1n) is 10.2. The Morgan fingerprint density at radius 3 is 1.97 bits per heavy atom. The molecule has 2 amide bonds. The number of hydrogen-bond donors (Lipinski definition) is 4. The Labute approximate surface area is 211 Å². The molecule has 0 aliphatic heterocycles. The molecule has 2 rings (SSSR count). The SMILES string of the molecule is COc1cc(OC)c(C(=O)Nc2nc(C(=O)NCCN(C)C)cs2)c(OC)c1.O=C(O)C=CC(=O)O. The molecular weight excluding hydrogens is 496 g/mol. The minimum absolute atomic E-state index is 0.206. The second-order valence-corrected chi connectivity index (χ2v) is 7.83. The Morgan fingerprint density at radius 1 is 0.972 bits per heavy atom. The molecule has 0 aliphatic carbocycles.